The molecule has 0 saturated heterocycles. The van der Waals surface area contributed by atoms with Crippen LogP contribution in [0.15, 0.2) is 61.2 Å². The van der Waals surface area contributed by atoms with E-state index in [2.05, 4.69) is 6.58 Å². The van der Waals surface area contributed by atoms with Crippen molar-refractivity contribution in [1.29, 1.82) is 0 Å². The Kier molecular flexibility index (Phi) is 6.00. The maximum Gasteiger partial charge on any atom is 0.147 e. The Morgan fingerprint density at radius 1 is 1.05 bits per heavy atom. The predicted octanol–water partition coefficient (Wildman–Crippen LogP) is 3.43. The highest BCUT2D eigenvalue weighted by atomic mass is 16.5. The smallest absolute Gasteiger partial charge is 0.147 e. The largest absolute Gasteiger partial charge is 0.483 e. The van der Waals surface area contributed by atoms with Crippen LogP contribution in [0.3, 0.4) is 0 Å². The van der Waals surface area contributed by atoms with Crippen LogP contribution in [0.4, 0.5) is 0 Å². The zero-order valence-corrected chi connectivity index (χ0v) is 12.1. The van der Waals surface area contributed by atoms with Gasteiger partial charge in [0.15, 0.2) is 0 Å². The fourth-order valence-electron chi connectivity index (χ4n) is 2.05. The lowest BCUT2D eigenvalue weighted by atomic mass is 10.1. The molecule has 0 amide bonds. The summed E-state index contributed by atoms with van der Waals surface area (Å²) in [5.74, 6) is 0.803. The van der Waals surface area contributed by atoms with Crippen LogP contribution >= 0.6 is 0 Å². The van der Waals surface area contributed by atoms with E-state index in [4.69, 9.17) is 15.2 Å². The molecular weight excluding hydrogens is 262 g/mol. The van der Waals surface area contributed by atoms with E-state index >= 15 is 0 Å². The van der Waals surface area contributed by atoms with Crippen molar-refractivity contribution in [3.63, 3.8) is 0 Å². The molecule has 0 radical (unpaired) electrons. The summed E-state index contributed by atoms with van der Waals surface area (Å²) in [5, 5.41) is 0. The third-order valence-corrected chi connectivity index (χ3v) is 3.11. The van der Waals surface area contributed by atoms with Gasteiger partial charge in [-0.25, -0.2) is 0 Å². The molecule has 110 valence electrons. The van der Waals surface area contributed by atoms with Crippen LogP contribution in [0.1, 0.15) is 17.2 Å². The third kappa shape index (κ3) is 4.45. The van der Waals surface area contributed by atoms with Gasteiger partial charge in [0.2, 0.25) is 0 Å². The van der Waals surface area contributed by atoms with Gasteiger partial charge in [-0.3, -0.25) is 0 Å². The van der Waals surface area contributed by atoms with Crippen molar-refractivity contribution in [3.8, 4) is 5.75 Å². The van der Waals surface area contributed by atoms with E-state index in [9.17, 15) is 0 Å². The molecule has 2 aromatic rings. The minimum absolute atomic E-state index is 0.168. The van der Waals surface area contributed by atoms with Crippen molar-refractivity contribution in [2.24, 2.45) is 5.73 Å². The molecule has 0 saturated carbocycles. The minimum Gasteiger partial charge on any atom is -0.483 e. The van der Waals surface area contributed by atoms with E-state index in [1.165, 1.54) is 0 Å². The lowest BCUT2D eigenvalue weighted by molar-refractivity contribution is 0.0532. The minimum atomic E-state index is -0.168. The fourth-order valence-corrected chi connectivity index (χ4v) is 2.05. The van der Waals surface area contributed by atoms with E-state index in [0.29, 0.717) is 19.8 Å². The van der Waals surface area contributed by atoms with Gasteiger partial charge in [0.05, 0.1) is 13.2 Å². The molecule has 0 aliphatic rings. The first kappa shape index (κ1) is 15.3. The number of hydrogen-bond donors (Lipinski definition) is 1. The van der Waals surface area contributed by atoms with Crippen LogP contribution in [0, 0.1) is 0 Å². The molecular formula is C18H21NO2. The second-order valence-electron chi connectivity index (χ2n) is 4.62. The van der Waals surface area contributed by atoms with Gasteiger partial charge in [-0.1, -0.05) is 61.2 Å². The topological polar surface area (TPSA) is 44.5 Å². The van der Waals surface area contributed by atoms with Crippen LogP contribution in [0.25, 0.3) is 6.08 Å². The summed E-state index contributed by atoms with van der Waals surface area (Å²) >= 11 is 0. The Hall–Kier alpha value is -2.10. The summed E-state index contributed by atoms with van der Waals surface area (Å²) in [5.41, 5.74) is 7.52. The normalized spacial score (nSPS) is 11.9. The van der Waals surface area contributed by atoms with Gasteiger partial charge in [0.1, 0.15) is 11.9 Å². The lowest BCUT2D eigenvalue weighted by Crippen LogP contribution is -2.18. The Morgan fingerprint density at radius 3 is 2.48 bits per heavy atom. The van der Waals surface area contributed by atoms with Crippen molar-refractivity contribution >= 4 is 6.08 Å². The molecule has 2 rings (SSSR count). The molecule has 3 nitrogen and oxygen atoms in total. The molecule has 2 N–H and O–H groups in total. The van der Waals surface area contributed by atoms with Crippen molar-refractivity contribution in [2.75, 3.05) is 19.8 Å². The molecule has 0 aromatic heterocycles. The first-order valence-electron chi connectivity index (χ1n) is 7.06. The van der Waals surface area contributed by atoms with Gasteiger partial charge in [0, 0.05) is 12.1 Å². The zero-order valence-electron chi connectivity index (χ0n) is 12.1. The molecule has 21 heavy (non-hydrogen) atoms. The average molecular weight is 283 g/mol. The van der Waals surface area contributed by atoms with E-state index in [1.807, 2.05) is 54.6 Å². The molecule has 3 heteroatoms. The van der Waals surface area contributed by atoms with Crippen LogP contribution in [-0.2, 0) is 4.74 Å². The zero-order chi connectivity index (χ0) is 14.9. The van der Waals surface area contributed by atoms with E-state index in [-0.39, 0.29) is 6.10 Å². The predicted molar refractivity (Wildman–Crippen MR) is 86.2 cm³/mol. The highest BCUT2D eigenvalue weighted by Gasteiger charge is 2.14. The molecule has 0 spiro atoms. The summed E-state index contributed by atoms with van der Waals surface area (Å²) < 4.78 is 11.7. The van der Waals surface area contributed by atoms with E-state index in [0.717, 1.165) is 16.9 Å². The molecule has 2 aromatic carbocycles. The fraction of sp³-hybridized carbons (Fsp3) is 0.222. The molecule has 0 heterocycles. The Morgan fingerprint density at radius 2 is 1.76 bits per heavy atom. The summed E-state index contributed by atoms with van der Waals surface area (Å²) in [7, 11) is 0. The second kappa shape index (κ2) is 8.25. The molecule has 0 aliphatic heterocycles. The molecule has 0 fully saturated rings. The van der Waals surface area contributed by atoms with Gasteiger partial charge in [-0.2, -0.15) is 0 Å². The summed E-state index contributed by atoms with van der Waals surface area (Å²) in [4.78, 5) is 0. The monoisotopic (exact) mass is 283 g/mol. The number of nitrogens with two attached hydrogens (primary N) is 1. The Labute approximate surface area is 126 Å². The second-order valence-corrected chi connectivity index (χ2v) is 4.62. The Bertz CT molecular complexity index is 554. The Balaban J connectivity index is 2.17. The van der Waals surface area contributed by atoms with E-state index < -0.39 is 0 Å². The molecule has 0 aliphatic carbocycles. The summed E-state index contributed by atoms with van der Waals surface area (Å²) in [6, 6.07) is 17.9. The van der Waals surface area contributed by atoms with Gasteiger partial charge < -0.3 is 15.2 Å². The van der Waals surface area contributed by atoms with Crippen molar-refractivity contribution in [2.45, 2.75) is 6.10 Å². The number of ether oxygens (including phenoxy) is 2. The first-order chi connectivity index (χ1) is 10.3. The van der Waals surface area contributed by atoms with Gasteiger partial charge >= 0.3 is 0 Å². The average Bonchev–Trinajstić information content (AvgIpc) is 2.55. The first-order valence-corrected chi connectivity index (χ1v) is 7.06. The van der Waals surface area contributed by atoms with E-state index in [1.54, 1.807) is 6.08 Å². The maximum absolute atomic E-state index is 6.13. The summed E-state index contributed by atoms with van der Waals surface area (Å²) in [6.07, 6.45) is 1.62. The van der Waals surface area contributed by atoms with Crippen molar-refractivity contribution < 1.29 is 9.47 Å². The number of hydrogen-bond acceptors (Lipinski definition) is 3. The van der Waals surface area contributed by atoms with Gasteiger partial charge in [-0.15, -0.1) is 0 Å². The third-order valence-electron chi connectivity index (χ3n) is 3.11. The van der Waals surface area contributed by atoms with Gasteiger partial charge in [-0.05, 0) is 11.6 Å². The highest BCUT2D eigenvalue weighted by Crippen LogP contribution is 2.26. The van der Waals surface area contributed by atoms with Gasteiger partial charge in [0.25, 0.3) is 0 Å². The SMILES string of the molecule is C=Cc1ccccc1OC(COCCN)c1ccccc1. The standard InChI is InChI=1S/C18H21NO2/c1-2-15-8-6-7-11-17(15)21-18(14-20-13-12-19)16-9-4-3-5-10-16/h2-11,18H,1,12-14,19H2. The highest BCUT2D eigenvalue weighted by molar-refractivity contribution is 5.55. The number of benzene rings is 2. The van der Waals surface area contributed by atoms with Crippen molar-refractivity contribution in [1.82, 2.24) is 0 Å². The molecule has 1 atom stereocenters. The van der Waals surface area contributed by atoms with Crippen LogP contribution in [-0.4, -0.2) is 19.8 Å². The van der Waals surface area contributed by atoms with Crippen LogP contribution in [0.2, 0.25) is 0 Å². The molecule has 0 bridgehead atoms. The quantitative estimate of drug-likeness (QED) is 0.755. The number of para-hydroxylation sites is 1. The molecule has 1 unspecified atom stereocenters. The number of rotatable bonds is 8. The van der Waals surface area contributed by atoms with Crippen LogP contribution in [0.5, 0.6) is 5.75 Å². The van der Waals surface area contributed by atoms with Crippen molar-refractivity contribution in [3.05, 3.63) is 72.3 Å². The maximum atomic E-state index is 6.13. The lowest BCUT2D eigenvalue weighted by Gasteiger charge is -2.21. The van der Waals surface area contributed by atoms with Crippen LogP contribution < -0.4 is 10.5 Å². The summed E-state index contributed by atoms with van der Waals surface area (Å²) in [6.45, 7) is 5.31.